The Morgan fingerprint density at radius 1 is 1.04 bits per heavy atom. The molecule has 0 fully saturated rings. The Morgan fingerprint density at radius 2 is 1.73 bits per heavy atom. The number of hydrogen-bond donors (Lipinski definition) is 0. The maximum Gasteiger partial charge on any atom is 0.243 e. The molecule has 2 heterocycles. The van der Waals surface area contributed by atoms with Crippen molar-refractivity contribution in [3.63, 3.8) is 0 Å². The highest BCUT2D eigenvalue weighted by Gasteiger charge is 2.39. The summed E-state index contributed by atoms with van der Waals surface area (Å²) in [4.78, 5) is 16.7. The van der Waals surface area contributed by atoms with Crippen LogP contribution in [0.5, 0.6) is 0 Å². The fourth-order valence-electron chi connectivity index (χ4n) is 3.18. The van der Waals surface area contributed by atoms with Gasteiger partial charge in [-0.2, -0.15) is 5.01 Å². The minimum Gasteiger partial charge on any atom is -0.448 e. The number of benzene rings is 2. The van der Waals surface area contributed by atoms with Crippen LogP contribution < -0.4 is 0 Å². The fourth-order valence-corrected chi connectivity index (χ4v) is 3.18. The third-order valence-corrected chi connectivity index (χ3v) is 4.36. The first-order valence-corrected chi connectivity index (χ1v) is 8.50. The second-order valence-electron chi connectivity index (χ2n) is 6.72. The summed E-state index contributed by atoms with van der Waals surface area (Å²) in [7, 11) is 0. The Labute approximate surface area is 151 Å². The normalized spacial score (nSPS) is 15.7. The van der Waals surface area contributed by atoms with Crippen molar-refractivity contribution in [2.24, 2.45) is 5.10 Å². The predicted molar refractivity (Wildman–Crippen MR) is 101 cm³/mol. The minimum absolute atomic E-state index is 0.161. The maximum absolute atomic E-state index is 11.9. The number of rotatable bonds is 2. The van der Waals surface area contributed by atoms with Crippen LogP contribution in [-0.2, 0) is 9.53 Å². The highest BCUT2D eigenvalue weighted by atomic mass is 16.5. The molecule has 1 amide bonds. The van der Waals surface area contributed by atoms with Crippen molar-refractivity contribution >= 4 is 22.7 Å². The Balaban J connectivity index is 1.92. The molecule has 0 spiro atoms. The summed E-state index contributed by atoms with van der Waals surface area (Å²) in [6, 6.07) is 19.8. The smallest absolute Gasteiger partial charge is 0.243 e. The number of carbonyl (C=O) groups excluding carboxylic acids is 1. The van der Waals surface area contributed by atoms with Crippen LogP contribution in [0.1, 0.15) is 26.3 Å². The van der Waals surface area contributed by atoms with Gasteiger partial charge in [-0.15, -0.1) is 5.10 Å². The molecule has 2 aromatic carbocycles. The zero-order valence-corrected chi connectivity index (χ0v) is 14.9. The van der Waals surface area contributed by atoms with E-state index < -0.39 is 5.72 Å². The number of para-hydroxylation sites is 1. The average molecular weight is 345 g/mol. The van der Waals surface area contributed by atoms with Crippen molar-refractivity contribution in [3.8, 4) is 11.3 Å². The molecule has 5 nitrogen and oxygen atoms in total. The summed E-state index contributed by atoms with van der Waals surface area (Å²) in [6.45, 7) is 5.14. The van der Waals surface area contributed by atoms with Crippen LogP contribution in [0.2, 0.25) is 0 Å². The molecule has 0 aliphatic carbocycles. The van der Waals surface area contributed by atoms with Crippen LogP contribution in [0.3, 0.4) is 0 Å². The largest absolute Gasteiger partial charge is 0.448 e. The number of nitrogens with zero attached hydrogens (tertiary/aromatic N) is 3. The van der Waals surface area contributed by atoms with Gasteiger partial charge in [0.2, 0.25) is 17.5 Å². The molecular formula is C21H19N3O2. The van der Waals surface area contributed by atoms with Gasteiger partial charge in [-0.05, 0) is 26.0 Å². The molecule has 1 aliphatic rings. The molecule has 5 heteroatoms. The summed E-state index contributed by atoms with van der Waals surface area (Å²) in [5.74, 6) is 0.271. The number of carbonyl (C=O) groups is 1. The minimum atomic E-state index is -0.821. The monoisotopic (exact) mass is 345 g/mol. The molecule has 3 aromatic rings. The Morgan fingerprint density at radius 3 is 2.42 bits per heavy atom. The number of aromatic nitrogens is 1. The van der Waals surface area contributed by atoms with Crippen LogP contribution in [0.15, 0.2) is 65.8 Å². The van der Waals surface area contributed by atoms with E-state index in [0.29, 0.717) is 5.90 Å². The van der Waals surface area contributed by atoms with Crippen molar-refractivity contribution in [2.75, 3.05) is 0 Å². The standard InChI is InChI=1S/C21H19N3O2/c1-14(25)24-21(2,3)26-20(23-24)17-13-19(15-9-5-4-6-10-15)22-18-12-8-7-11-16(17)18/h4-13H,1-3H3. The predicted octanol–water partition coefficient (Wildman–Crippen LogP) is 4.18. The van der Waals surface area contributed by atoms with Crippen LogP contribution in [0.4, 0.5) is 0 Å². The summed E-state index contributed by atoms with van der Waals surface area (Å²) < 4.78 is 6.04. The number of hydrazone groups is 1. The summed E-state index contributed by atoms with van der Waals surface area (Å²) >= 11 is 0. The third-order valence-electron chi connectivity index (χ3n) is 4.36. The van der Waals surface area contributed by atoms with Crippen molar-refractivity contribution in [1.29, 1.82) is 0 Å². The van der Waals surface area contributed by atoms with E-state index in [1.807, 2.05) is 74.5 Å². The van der Waals surface area contributed by atoms with E-state index in [9.17, 15) is 4.79 Å². The van der Waals surface area contributed by atoms with Gasteiger partial charge in [-0.25, -0.2) is 4.98 Å². The van der Waals surface area contributed by atoms with E-state index in [1.165, 1.54) is 11.9 Å². The zero-order valence-electron chi connectivity index (χ0n) is 14.9. The van der Waals surface area contributed by atoms with Crippen LogP contribution in [0, 0.1) is 0 Å². The zero-order chi connectivity index (χ0) is 18.3. The van der Waals surface area contributed by atoms with Crippen LogP contribution >= 0.6 is 0 Å². The summed E-state index contributed by atoms with van der Waals surface area (Å²) in [5.41, 5.74) is 2.71. The Kier molecular flexibility index (Phi) is 3.72. The molecule has 0 unspecified atom stereocenters. The number of pyridine rings is 1. The topological polar surface area (TPSA) is 54.8 Å². The van der Waals surface area contributed by atoms with Crippen LogP contribution in [-0.4, -0.2) is 27.5 Å². The number of amides is 1. The third kappa shape index (κ3) is 2.71. The molecule has 0 radical (unpaired) electrons. The maximum atomic E-state index is 11.9. The van der Waals surface area contributed by atoms with E-state index in [4.69, 9.17) is 9.72 Å². The van der Waals surface area contributed by atoms with Gasteiger partial charge in [0.15, 0.2) is 0 Å². The van der Waals surface area contributed by atoms with Gasteiger partial charge in [0.1, 0.15) is 0 Å². The number of fused-ring (bicyclic) bond motifs is 1. The van der Waals surface area contributed by atoms with Crippen molar-refractivity contribution in [3.05, 3.63) is 66.2 Å². The van der Waals surface area contributed by atoms with E-state index in [0.717, 1.165) is 27.7 Å². The highest BCUT2D eigenvalue weighted by Crippen LogP contribution is 2.31. The van der Waals surface area contributed by atoms with E-state index in [2.05, 4.69) is 5.10 Å². The molecule has 26 heavy (non-hydrogen) atoms. The Hall–Kier alpha value is -3.21. The second-order valence-corrected chi connectivity index (χ2v) is 6.72. The SMILES string of the molecule is CC(=O)N1N=C(c2cc(-c3ccccc3)nc3ccccc23)OC1(C)C. The van der Waals surface area contributed by atoms with Gasteiger partial charge in [-0.1, -0.05) is 48.5 Å². The second kappa shape index (κ2) is 5.95. The molecular weight excluding hydrogens is 326 g/mol. The number of hydrogen-bond acceptors (Lipinski definition) is 4. The van der Waals surface area contributed by atoms with Gasteiger partial charge in [0.05, 0.1) is 11.2 Å². The molecule has 4 rings (SSSR count). The number of ether oxygens (including phenoxy) is 1. The van der Waals surface area contributed by atoms with Gasteiger partial charge in [0, 0.05) is 23.4 Å². The molecule has 0 atom stereocenters. The summed E-state index contributed by atoms with van der Waals surface area (Å²) in [6.07, 6.45) is 0. The molecule has 130 valence electrons. The Bertz CT molecular complexity index is 1030. The lowest BCUT2D eigenvalue weighted by Crippen LogP contribution is -2.41. The lowest BCUT2D eigenvalue weighted by molar-refractivity contribution is -0.142. The van der Waals surface area contributed by atoms with Crippen molar-refractivity contribution < 1.29 is 9.53 Å². The molecule has 0 bridgehead atoms. The van der Waals surface area contributed by atoms with Gasteiger partial charge in [0.25, 0.3) is 0 Å². The molecule has 0 N–H and O–H groups in total. The molecule has 1 aromatic heterocycles. The quantitative estimate of drug-likeness (QED) is 0.700. The first kappa shape index (κ1) is 16.3. The lowest BCUT2D eigenvalue weighted by Gasteiger charge is -2.26. The van der Waals surface area contributed by atoms with E-state index in [-0.39, 0.29) is 5.91 Å². The average Bonchev–Trinajstić information content (AvgIpc) is 2.97. The van der Waals surface area contributed by atoms with Gasteiger partial charge >= 0.3 is 0 Å². The van der Waals surface area contributed by atoms with Crippen LogP contribution in [0.25, 0.3) is 22.2 Å². The molecule has 0 saturated heterocycles. The van der Waals surface area contributed by atoms with Crippen molar-refractivity contribution in [2.45, 2.75) is 26.5 Å². The first-order valence-electron chi connectivity index (χ1n) is 8.50. The van der Waals surface area contributed by atoms with Crippen molar-refractivity contribution in [1.82, 2.24) is 9.99 Å². The summed E-state index contributed by atoms with van der Waals surface area (Å²) in [5, 5.41) is 6.76. The fraction of sp³-hybridized carbons (Fsp3) is 0.190. The lowest BCUT2D eigenvalue weighted by atomic mass is 10.0. The van der Waals surface area contributed by atoms with Gasteiger partial charge in [-0.3, -0.25) is 4.79 Å². The molecule has 1 aliphatic heterocycles. The molecule has 0 saturated carbocycles. The highest BCUT2D eigenvalue weighted by molar-refractivity contribution is 6.08. The first-order chi connectivity index (χ1) is 12.5. The van der Waals surface area contributed by atoms with E-state index >= 15 is 0 Å². The van der Waals surface area contributed by atoms with Gasteiger partial charge < -0.3 is 4.74 Å². The van der Waals surface area contributed by atoms with E-state index in [1.54, 1.807) is 0 Å².